The number of thiazole rings is 1. The minimum absolute atomic E-state index is 0.194. The summed E-state index contributed by atoms with van der Waals surface area (Å²) < 4.78 is 12.3. The van der Waals surface area contributed by atoms with Crippen LogP contribution >= 0.6 is 11.3 Å². The van der Waals surface area contributed by atoms with E-state index in [0.717, 1.165) is 52.9 Å². The highest BCUT2D eigenvalue weighted by Gasteiger charge is 2.61. The van der Waals surface area contributed by atoms with Crippen LogP contribution in [0, 0.1) is 24.7 Å². The number of carbonyl (C=O) groups is 3. The van der Waals surface area contributed by atoms with Crippen molar-refractivity contribution in [3.8, 4) is 22.2 Å². The Morgan fingerprint density at radius 1 is 1.09 bits per heavy atom. The van der Waals surface area contributed by atoms with Gasteiger partial charge in [0.25, 0.3) is 0 Å². The maximum atomic E-state index is 13.8. The lowest BCUT2D eigenvalue weighted by atomic mass is 9.93. The first kappa shape index (κ1) is 32.0. The summed E-state index contributed by atoms with van der Waals surface area (Å²) in [6.07, 6.45) is 8.04. The highest BCUT2D eigenvalue weighted by atomic mass is 32.1. The van der Waals surface area contributed by atoms with Gasteiger partial charge in [0.1, 0.15) is 33.8 Å². The Hall–Kier alpha value is -3.99. The maximum Gasteiger partial charge on any atom is 0.330 e. The van der Waals surface area contributed by atoms with E-state index in [4.69, 9.17) is 19.4 Å². The molecule has 0 saturated heterocycles. The van der Waals surface area contributed by atoms with Crippen LogP contribution < -0.4 is 20.1 Å². The summed E-state index contributed by atoms with van der Waals surface area (Å²) >= 11 is 1.53. The van der Waals surface area contributed by atoms with Crippen LogP contribution in [0.3, 0.4) is 0 Å². The van der Waals surface area contributed by atoms with E-state index in [2.05, 4.69) is 24.5 Å². The smallest absolute Gasteiger partial charge is 0.330 e. The number of nitrogens with one attached hydrogen (secondary N) is 2. The number of hydrogen-bond acceptors (Lipinski definition) is 8. The largest absolute Gasteiger partial charge is 0.496 e. The summed E-state index contributed by atoms with van der Waals surface area (Å²) in [7, 11) is 1.63. The molecule has 46 heavy (non-hydrogen) atoms. The molecule has 244 valence electrons. The lowest BCUT2D eigenvalue weighted by Gasteiger charge is -2.21. The van der Waals surface area contributed by atoms with Gasteiger partial charge in [-0.1, -0.05) is 32.4 Å². The molecule has 3 aliphatic rings. The van der Waals surface area contributed by atoms with Crippen molar-refractivity contribution >= 4 is 40.0 Å². The van der Waals surface area contributed by atoms with E-state index in [1.165, 1.54) is 11.3 Å². The Morgan fingerprint density at radius 2 is 1.87 bits per heavy atom. The molecular formula is C35H42N4O6S. The third kappa shape index (κ3) is 6.21. The number of aryl methyl sites for hydroxylation is 1. The summed E-state index contributed by atoms with van der Waals surface area (Å²) in [5.74, 6) is -1.70. The van der Waals surface area contributed by atoms with Crippen LogP contribution in [0.2, 0.25) is 0 Å². The van der Waals surface area contributed by atoms with Gasteiger partial charge in [-0.3, -0.25) is 9.59 Å². The molecule has 2 amide bonds. The Kier molecular flexibility index (Phi) is 9.05. The van der Waals surface area contributed by atoms with Crippen LogP contribution in [-0.2, 0) is 14.4 Å². The number of allylic oxidation sites excluding steroid dienone is 1. The second-order valence-corrected chi connectivity index (χ2v) is 14.0. The molecule has 1 aromatic carbocycles. The molecule has 1 aliphatic heterocycles. The molecule has 3 N–H and O–H groups in total. The lowest BCUT2D eigenvalue weighted by molar-refractivity contribution is -0.144. The Labute approximate surface area is 273 Å². The molecule has 4 unspecified atom stereocenters. The molecule has 0 bridgehead atoms. The standard InChI is InChI=1S/C35H42N4O6S/c1-19(2)27-18-46-33(38-27)26-16-29(23-11-12-28(44-4)20(3)30(23)37-26)45-22-14-24-25(15-22)32(41)39-35(34(42)43)17-21(35)10-8-6-5-7-9-13-36-31(24)40/h8,10-12,16,18-19,21-22,24-25H,5-7,9,13-15,17H2,1-4H3,(H,36,40)(H,39,41)(H,42,43)/t21?,22?,24?,25-,35?/m1/s1. The molecule has 0 spiro atoms. The number of fused-ring (bicyclic) bond motifs is 3. The van der Waals surface area contributed by atoms with E-state index in [1.807, 2.05) is 42.7 Å². The summed E-state index contributed by atoms with van der Waals surface area (Å²) in [6.45, 7) is 6.69. The highest BCUT2D eigenvalue weighted by molar-refractivity contribution is 7.13. The monoisotopic (exact) mass is 646 g/mol. The van der Waals surface area contributed by atoms with Crippen molar-refractivity contribution in [2.75, 3.05) is 13.7 Å². The number of rotatable bonds is 6. The lowest BCUT2D eigenvalue weighted by Crippen LogP contribution is -2.49. The van der Waals surface area contributed by atoms with Crippen molar-refractivity contribution in [2.24, 2.45) is 17.8 Å². The maximum absolute atomic E-state index is 13.8. The predicted molar refractivity (Wildman–Crippen MR) is 176 cm³/mol. The molecule has 2 saturated carbocycles. The fraction of sp³-hybridized carbons (Fsp3) is 0.514. The zero-order chi connectivity index (χ0) is 32.6. The van der Waals surface area contributed by atoms with Crippen molar-refractivity contribution in [3.63, 3.8) is 0 Å². The number of aliphatic carboxylic acids is 1. The zero-order valence-corrected chi connectivity index (χ0v) is 27.6. The van der Waals surface area contributed by atoms with Crippen molar-refractivity contribution in [1.82, 2.24) is 20.6 Å². The van der Waals surface area contributed by atoms with Gasteiger partial charge in [-0.2, -0.15) is 0 Å². The van der Waals surface area contributed by atoms with Crippen LogP contribution in [0.4, 0.5) is 0 Å². The van der Waals surface area contributed by atoms with E-state index in [-0.39, 0.29) is 24.2 Å². The normalized spacial score (nSPS) is 26.8. The molecule has 2 fully saturated rings. The first-order valence-electron chi connectivity index (χ1n) is 16.2. The van der Waals surface area contributed by atoms with Crippen LogP contribution in [0.15, 0.2) is 35.7 Å². The Bertz CT molecular complexity index is 1680. The number of pyridine rings is 1. The second-order valence-electron chi connectivity index (χ2n) is 13.1. The van der Waals surface area contributed by atoms with Crippen LogP contribution in [0.5, 0.6) is 11.5 Å². The van der Waals surface area contributed by atoms with Gasteiger partial charge in [0.15, 0.2) is 0 Å². The first-order chi connectivity index (χ1) is 22.1. The number of amides is 2. The fourth-order valence-electron chi connectivity index (χ4n) is 6.77. The van der Waals surface area contributed by atoms with E-state index in [0.29, 0.717) is 36.6 Å². The summed E-state index contributed by atoms with van der Waals surface area (Å²) in [5.41, 5.74) is 1.93. The molecular weight excluding hydrogens is 604 g/mol. The van der Waals surface area contributed by atoms with Crippen LogP contribution in [0.1, 0.15) is 76.0 Å². The summed E-state index contributed by atoms with van der Waals surface area (Å²) in [6, 6.07) is 5.69. The molecule has 5 atom stereocenters. The average molecular weight is 647 g/mol. The van der Waals surface area contributed by atoms with E-state index in [9.17, 15) is 19.5 Å². The van der Waals surface area contributed by atoms with E-state index >= 15 is 0 Å². The molecule has 2 aromatic heterocycles. The number of hydrogen-bond donors (Lipinski definition) is 3. The number of carbonyl (C=O) groups excluding carboxylic acids is 2. The fourth-order valence-corrected chi connectivity index (χ4v) is 7.71. The van der Waals surface area contributed by atoms with E-state index in [1.54, 1.807) is 7.11 Å². The van der Waals surface area contributed by atoms with Gasteiger partial charge >= 0.3 is 5.97 Å². The molecule has 3 heterocycles. The number of aromatic nitrogens is 2. The molecule has 10 nitrogen and oxygen atoms in total. The molecule has 6 rings (SSSR count). The molecule has 11 heteroatoms. The average Bonchev–Trinajstić information content (AvgIpc) is 3.33. The number of nitrogens with zero attached hydrogens (tertiary/aromatic N) is 2. The van der Waals surface area contributed by atoms with Gasteiger partial charge in [-0.25, -0.2) is 14.8 Å². The number of carboxylic acids is 1. The first-order valence-corrected chi connectivity index (χ1v) is 17.1. The van der Waals surface area contributed by atoms with Gasteiger partial charge in [-0.15, -0.1) is 11.3 Å². The SMILES string of the molecule is COc1ccc2c(OC3CC4C(=O)NCCCCCC=CC5CC5(C(=O)O)NC(=O)[C@@H]4C3)cc(-c3nc(C(C)C)cs3)nc2c1C. The van der Waals surface area contributed by atoms with Gasteiger partial charge in [-0.05, 0) is 63.5 Å². The summed E-state index contributed by atoms with van der Waals surface area (Å²) in [4.78, 5) is 49.4. The second kappa shape index (κ2) is 13.0. The van der Waals surface area contributed by atoms with Crippen molar-refractivity contribution < 1.29 is 29.0 Å². The topological polar surface area (TPSA) is 140 Å². The van der Waals surface area contributed by atoms with Crippen molar-refractivity contribution in [1.29, 1.82) is 0 Å². The number of methoxy groups -OCH3 is 1. The number of carboxylic acid groups (broad SMARTS) is 1. The Balaban J connectivity index is 1.33. The number of benzene rings is 1. The minimum atomic E-state index is -1.33. The molecule has 0 radical (unpaired) electrons. The van der Waals surface area contributed by atoms with Gasteiger partial charge < -0.3 is 25.2 Å². The van der Waals surface area contributed by atoms with E-state index < -0.39 is 35.4 Å². The Morgan fingerprint density at radius 3 is 2.59 bits per heavy atom. The third-order valence-electron chi connectivity index (χ3n) is 9.64. The van der Waals surface area contributed by atoms with Crippen LogP contribution in [0.25, 0.3) is 21.6 Å². The predicted octanol–water partition coefficient (Wildman–Crippen LogP) is 5.78. The highest BCUT2D eigenvalue weighted by Crippen LogP contribution is 2.47. The quantitative estimate of drug-likeness (QED) is 0.287. The van der Waals surface area contributed by atoms with Gasteiger partial charge in [0.2, 0.25) is 11.8 Å². The molecule has 2 aliphatic carbocycles. The van der Waals surface area contributed by atoms with Crippen molar-refractivity contribution in [3.05, 3.63) is 47.0 Å². The van der Waals surface area contributed by atoms with Crippen molar-refractivity contribution in [2.45, 2.75) is 83.3 Å². The van der Waals surface area contributed by atoms with Gasteiger partial charge in [0.05, 0.1) is 30.2 Å². The third-order valence-corrected chi connectivity index (χ3v) is 10.5. The summed E-state index contributed by atoms with van der Waals surface area (Å²) in [5, 5.41) is 19.6. The molecule has 3 aromatic rings. The van der Waals surface area contributed by atoms with Gasteiger partial charge in [0, 0.05) is 34.9 Å². The zero-order valence-electron chi connectivity index (χ0n) is 26.8. The van der Waals surface area contributed by atoms with Crippen LogP contribution in [-0.4, -0.2) is 58.2 Å². The minimum Gasteiger partial charge on any atom is -0.496 e. The number of ether oxygens (including phenoxy) is 2.